The molecule has 0 aliphatic rings. The highest BCUT2D eigenvalue weighted by Gasteiger charge is 1.91. The maximum absolute atomic E-state index is 8.58. The molecule has 72 valence electrons. The number of hydrogen-bond donors (Lipinski definition) is 2. The van der Waals surface area contributed by atoms with E-state index in [-0.39, 0.29) is 6.61 Å². The number of rotatable bonds is 5. The van der Waals surface area contributed by atoms with Gasteiger partial charge in [-0.15, -0.1) is 11.8 Å². The van der Waals surface area contributed by atoms with Gasteiger partial charge < -0.3 is 10.4 Å². The van der Waals surface area contributed by atoms with Crippen molar-refractivity contribution in [2.75, 3.05) is 24.7 Å². The lowest BCUT2D eigenvalue weighted by Gasteiger charge is -2.05. The zero-order valence-corrected chi connectivity index (χ0v) is 8.60. The van der Waals surface area contributed by atoms with E-state index in [9.17, 15) is 0 Å². The van der Waals surface area contributed by atoms with Crippen molar-refractivity contribution in [1.29, 1.82) is 0 Å². The lowest BCUT2D eigenvalue weighted by molar-refractivity contribution is 0.292. The fourth-order valence-corrected chi connectivity index (χ4v) is 1.43. The van der Waals surface area contributed by atoms with Crippen molar-refractivity contribution in [3.8, 4) is 0 Å². The quantitative estimate of drug-likeness (QED) is 0.560. The largest absolute Gasteiger partial charge is 0.396 e. The van der Waals surface area contributed by atoms with Crippen LogP contribution in [-0.2, 0) is 0 Å². The van der Waals surface area contributed by atoms with Crippen molar-refractivity contribution in [3.05, 3.63) is 24.3 Å². The van der Waals surface area contributed by atoms with Crippen LogP contribution in [0.4, 0.5) is 5.69 Å². The van der Waals surface area contributed by atoms with Gasteiger partial charge in [0, 0.05) is 23.7 Å². The SMILES string of the molecule is CSc1ccc(NCCCO)cc1. The van der Waals surface area contributed by atoms with Crippen LogP contribution in [0.3, 0.4) is 0 Å². The Kier molecular flexibility index (Phi) is 4.72. The summed E-state index contributed by atoms with van der Waals surface area (Å²) in [6, 6.07) is 8.30. The average molecular weight is 197 g/mol. The Balaban J connectivity index is 2.40. The fourth-order valence-electron chi connectivity index (χ4n) is 1.02. The van der Waals surface area contributed by atoms with Gasteiger partial charge in [0.25, 0.3) is 0 Å². The normalized spacial score (nSPS) is 10.0. The molecule has 0 aromatic heterocycles. The predicted octanol–water partition coefficient (Wildman–Crippen LogP) is 2.20. The zero-order valence-electron chi connectivity index (χ0n) is 7.79. The zero-order chi connectivity index (χ0) is 9.52. The molecule has 3 heteroatoms. The minimum absolute atomic E-state index is 0.246. The molecular weight excluding hydrogens is 182 g/mol. The van der Waals surface area contributed by atoms with Gasteiger partial charge in [0.1, 0.15) is 0 Å². The first-order valence-corrected chi connectivity index (χ1v) is 5.58. The molecule has 1 rings (SSSR count). The van der Waals surface area contributed by atoms with Crippen LogP contribution in [-0.4, -0.2) is 24.5 Å². The van der Waals surface area contributed by atoms with Gasteiger partial charge in [-0.3, -0.25) is 0 Å². The summed E-state index contributed by atoms with van der Waals surface area (Å²) in [6.45, 7) is 1.07. The summed E-state index contributed by atoms with van der Waals surface area (Å²) in [5, 5.41) is 11.8. The number of aliphatic hydroxyl groups is 1. The first kappa shape index (κ1) is 10.4. The molecule has 0 bridgehead atoms. The van der Waals surface area contributed by atoms with Crippen LogP contribution in [0, 0.1) is 0 Å². The summed E-state index contributed by atoms with van der Waals surface area (Å²) in [5.41, 5.74) is 1.12. The molecule has 0 unspecified atom stereocenters. The second-order valence-electron chi connectivity index (χ2n) is 2.73. The van der Waals surface area contributed by atoms with Gasteiger partial charge >= 0.3 is 0 Å². The third kappa shape index (κ3) is 3.70. The third-order valence-corrected chi connectivity index (χ3v) is 2.50. The topological polar surface area (TPSA) is 32.3 Å². The Labute approximate surface area is 83.4 Å². The highest BCUT2D eigenvalue weighted by Crippen LogP contribution is 2.17. The van der Waals surface area contributed by atoms with Crippen LogP contribution in [0.2, 0.25) is 0 Å². The van der Waals surface area contributed by atoms with Crippen LogP contribution >= 0.6 is 11.8 Å². The monoisotopic (exact) mass is 197 g/mol. The van der Waals surface area contributed by atoms with Crippen molar-refractivity contribution in [2.24, 2.45) is 0 Å². The van der Waals surface area contributed by atoms with Crippen LogP contribution < -0.4 is 5.32 Å². The second kappa shape index (κ2) is 5.89. The van der Waals surface area contributed by atoms with Crippen LogP contribution in [0.25, 0.3) is 0 Å². The molecule has 0 saturated heterocycles. The molecule has 0 atom stereocenters. The number of nitrogens with one attached hydrogen (secondary N) is 1. The molecule has 13 heavy (non-hydrogen) atoms. The number of aliphatic hydroxyl groups excluding tert-OH is 1. The molecule has 0 radical (unpaired) electrons. The summed E-state index contributed by atoms with van der Waals surface area (Å²) in [4.78, 5) is 1.27. The maximum Gasteiger partial charge on any atom is 0.0447 e. The van der Waals surface area contributed by atoms with Crippen molar-refractivity contribution in [2.45, 2.75) is 11.3 Å². The Hall–Kier alpha value is -0.670. The first-order valence-electron chi connectivity index (χ1n) is 4.35. The van der Waals surface area contributed by atoms with E-state index in [1.807, 2.05) is 0 Å². The minimum atomic E-state index is 0.246. The molecule has 0 aliphatic heterocycles. The third-order valence-electron chi connectivity index (χ3n) is 1.75. The Morgan fingerprint density at radius 3 is 2.54 bits per heavy atom. The number of thioether (sulfide) groups is 1. The molecule has 0 heterocycles. The standard InChI is InChI=1S/C10H15NOS/c1-13-10-5-3-9(4-6-10)11-7-2-8-12/h3-6,11-12H,2,7-8H2,1H3. The molecule has 2 N–H and O–H groups in total. The van der Waals surface area contributed by atoms with E-state index in [1.54, 1.807) is 11.8 Å². The van der Waals surface area contributed by atoms with Crippen LogP contribution in [0.5, 0.6) is 0 Å². The second-order valence-corrected chi connectivity index (χ2v) is 3.61. The smallest absolute Gasteiger partial charge is 0.0447 e. The van der Waals surface area contributed by atoms with Gasteiger partial charge in [0.2, 0.25) is 0 Å². The van der Waals surface area contributed by atoms with Crippen molar-refractivity contribution in [1.82, 2.24) is 0 Å². The molecular formula is C10H15NOS. The molecule has 0 aliphatic carbocycles. The summed E-state index contributed by atoms with van der Waals surface area (Å²) in [6.07, 6.45) is 2.86. The van der Waals surface area contributed by atoms with Gasteiger partial charge in [-0.2, -0.15) is 0 Å². The number of anilines is 1. The molecule has 1 aromatic rings. The van der Waals surface area contributed by atoms with Gasteiger partial charge in [0.05, 0.1) is 0 Å². The highest BCUT2D eigenvalue weighted by molar-refractivity contribution is 7.98. The lowest BCUT2D eigenvalue weighted by Crippen LogP contribution is -2.02. The molecule has 1 aromatic carbocycles. The van der Waals surface area contributed by atoms with E-state index in [0.717, 1.165) is 18.7 Å². The number of benzene rings is 1. The van der Waals surface area contributed by atoms with Crippen molar-refractivity contribution in [3.63, 3.8) is 0 Å². The summed E-state index contributed by atoms with van der Waals surface area (Å²) in [5.74, 6) is 0. The predicted molar refractivity (Wildman–Crippen MR) is 58.4 cm³/mol. The van der Waals surface area contributed by atoms with E-state index in [2.05, 4.69) is 35.8 Å². The van der Waals surface area contributed by atoms with Crippen molar-refractivity contribution < 1.29 is 5.11 Å². The van der Waals surface area contributed by atoms with E-state index < -0.39 is 0 Å². The van der Waals surface area contributed by atoms with Gasteiger partial charge in [0.15, 0.2) is 0 Å². The van der Waals surface area contributed by atoms with Crippen LogP contribution in [0.1, 0.15) is 6.42 Å². The highest BCUT2D eigenvalue weighted by atomic mass is 32.2. The number of hydrogen-bond acceptors (Lipinski definition) is 3. The Morgan fingerprint density at radius 2 is 2.00 bits per heavy atom. The summed E-state index contributed by atoms with van der Waals surface area (Å²) in [7, 11) is 0. The molecule has 0 amide bonds. The molecule has 0 saturated carbocycles. The van der Waals surface area contributed by atoms with E-state index in [1.165, 1.54) is 4.90 Å². The average Bonchev–Trinajstić information content (AvgIpc) is 2.19. The fraction of sp³-hybridized carbons (Fsp3) is 0.400. The van der Waals surface area contributed by atoms with E-state index in [0.29, 0.717) is 0 Å². The Bertz CT molecular complexity index is 235. The van der Waals surface area contributed by atoms with Gasteiger partial charge in [-0.05, 0) is 36.9 Å². The Morgan fingerprint density at radius 1 is 1.31 bits per heavy atom. The molecule has 2 nitrogen and oxygen atoms in total. The summed E-state index contributed by atoms with van der Waals surface area (Å²) >= 11 is 1.74. The molecule has 0 spiro atoms. The maximum atomic E-state index is 8.58. The van der Waals surface area contributed by atoms with E-state index >= 15 is 0 Å². The first-order chi connectivity index (χ1) is 6.36. The summed E-state index contributed by atoms with van der Waals surface area (Å²) < 4.78 is 0. The molecule has 0 fully saturated rings. The van der Waals surface area contributed by atoms with E-state index in [4.69, 9.17) is 5.11 Å². The lowest BCUT2D eigenvalue weighted by atomic mass is 10.3. The van der Waals surface area contributed by atoms with Gasteiger partial charge in [-0.25, -0.2) is 0 Å². The van der Waals surface area contributed by atoms with Crippen LogP contribution in [0.15, 0.2) is 29.2 Å². The van der Waals surface area contributed by atoms with Gasteiger partial charge in [-0.1, -0.05) is 0 Å². The minimum Gasteiger partial charge on any atom is -0.396 e. The van der Waals surface area contributed by atoms with Crippen molar-refractivity contribution >= 4 is 17.4 Å².